The molecule has 0 heterocycles. The highest BCUT2D eigenvalue weighted by Crippen LogP contribution is 2.27. The summed E-state index contributed by atoms with van der Waals surface area (Å²) in [4.78, 5) is 25.1. The molecule has 2 aromatic carbocycles. The van der Waals surface area contributed by atoms with Gasteiger partial charge in [0.05, 0.1) is 0 Å². The number of hydrogen-bond donors (Lipinski definition) is 3. The van der Waals surface area contributed by atoms with E-state index in [-0.39, 0.29) is 23.7 Å². The average Bonchev–Trinajstić information content (AvgIpc) is 2.79. The van der Waals surface area contributed by atoms with Gasteiger partial charge in [-0.25, -0.2) is 0 Å². The van der Waals surface area contributed by atoms with Gasteiger partial charge in [-0.1, -0.05) is 80.9 Å². The van der Waals surface area contributed by atoms with Crippen LogP contribution in [0.2, 0.25) is 0 Å². The Hall–Kier alpha value is -2.66. The zero-order valence-corrected chi connectivity index (χ0v) is 18.8. The molecular formula is C26H37N3O2. The Labute approximate surface area is 186 Å². The second-order valence-electron chi connectivity index (χ2n) is 8.34. The highest BCUT2D eigenvalue weighted by Gasteiger charge is 2.24. The third kappa shape index (κ3) is 8.54. The van der Waals surface area contributed by atoms with E-state index < -0.39 is 6.04 Å². The minimum absolute atomic E-state index is 0.0204. The van der Waals surface area contributed by atoms with Crippen LogP contribution in [0.1, 0.15) is 63.0 Å². The molecule has 0 aliphatic rings. The van der Waals surface area contributed by atoms with E-state index in [0.717, 1.165) is 25.7 Å². The molecule has 0 radical (unpaired) electrons. The molecule has 0 bridgehead atoms. The Balaban J connectivity index is 1.92. The summed E-state index contributed by atoms with van der Waals surface area (Å²) in [6.07, 6.45) is 3.87. The molecule has 0 spiro atoms. The Bertz CT molecular complexity index is 738. The number of benzene rings is 2. The van der Waals surface area contributed by atoms with Crippen LogP contribution in [0.25, 0.3) is 0 Å². The minimum atomic E-state index is -0.520. The van der Waals surface area contributed by atoms with Crippen molar-refractivity contribution in [3.8, 4) is 0 Å². The van der Waals surface area contributed by atoms with Crippen molar-refractivity contribution in [3.63, 3.8) is 0 Å². The molecule has 0 aromatic heterocycles. The number of rotatable bonds is 13. The topological polar surface area (TPSA) is 84.2 Å². The SMILES string of the molecule is CC(C)[C@@H](NC(=O)CCCCCN)C(=O)NCCC(c1ccccc1)c1ccccc1. The molecule has 1 atom stereocenters. The van der Waals surface area contributed by atoms with Crippen molar-refractivity contribution in [1.29, 1.82) is 0 Å². The van der Waals surface area contributed by atoms with Gasteiger partial charge in [0.2, 0.25) is 11.8 Å². The number of unbranched alkanes of at least 4 members (excludes halogenated alkanes) is 2. The number of nitrogens with one attached hydrogen (secondary N) is 2. The van der Waals surface area contributed by atoms with Crippen molar-refractivity contribution >= 4 is 11.8 Å². The zero-order chi connectivity index (χ0) is 22.5. The van der Waals surface area contributed by atoms with Crippen LogP contribution in [-0.2, 0) is 9.59 Å². The second-order valence-corrected chi connectivity index (χ2v) is 8.34. The number of nitrogens with two attached hydrogens (primary N) is 1. The Morgan fingerprint density at radius 2 is 1.45 bits per heavy atom. The first-order chi connectivity index (χ1) is 15.0. The molecule has 0 unspecified atom stereocenters. The largest absolute Gasteiger partial charge is 0.354 e. The molecule has 2 amide bonds. The normalized spacial score (nSPS) is 12.0. The molecule has 2 rings (SSSR count). The molecule has 2 aromatic rings. The van der Waals surface area contributed by atoms with Gasteiger partial charge in [0.25, 0.3) is 0 Å². The van der Waals surface area contributed by atoms with Gasteiger partial charge < -0.3 is 16.4 Å². The van der Waals surface area contributed by atoms with E-state index in [1.807, 2.05) is 50.2 Å². The quantitative estimate of drug-likeness (QED) is 0.426. The summed E-state index contributed by atoms with van der Waals surface area (Å²) in [6, 6.07) is 20.2. The summed E-state index contributed by atoms with van der Waals surface area (Å²) in [7, 11) is 0. The molecule has 168 valence electrons. The first-order valence-corrected chi connectivity index (χ1v) is 11.4. The lowest BCUT2D eigenvalue weighted by Gasteiger charge is -2.23. The Morgan fingerprint density at radius 1 is 0.871 bits per heavy atom. The second kappa shape index (κ2) is 13.6. The summed E-state index contributed by atoms with van der Waals surface area (Å²) in [5.74, 6) is 0.0341. The fourth-order valence-corrected chi connectivity index (χ4v) is 3.73. The summed E-state index contributed by atoms with van der Waals surface area (Å²) in [5, 5.41) is 5.96. The van der Waals surface area contributed by atoms with E-state index in [1.54, 1.807) is 0 Å². The van der Waals surface area contributed by atoms with Crippen molar-refractivity contribution in [3.05, 3.63) is 71.8 Å². The molecular weight excluding hydrogens is 386 g/mol. The van der Waals surface area contributed by atoms with Crippen molar-refractivity contribution < 1.29 is 9.59 Å². The highest BCUT2D eigenvalue weighted by atomic mass is 16.2. The van der Waals surface area contributed by atoms with Gasteiger partial charge in [-0.05, 0) is 42.9 Å². The number of carbonyl (C=O) groups is 2. The predicted molar refractivity (Wildman–Crippen MR) is 127 cm³/mol. The maximum Gasteiger partial charge on any atom is 0.242 e. The van der Waals surface area contributed by atoms with Gasteiger partial charge in [0, 0.05) is 18.9 Å². The van der Waals surface area contributed by atoms with E-state index in [0.29, 0.717) is 19.5 Å². The van der Waals surface area contributed by atoms with E-state index in [2.05, 4.69) is 34.9 Å². The molecule has 5 nitrogen and oxygen atoms in total. The number of carbonyl (C=O) groups excluding carboxylic acids is 2. The number of amides is 2. The molecule has 0 fully saturated rings. The fourth-order valence-electron chi connectivity index (χ4n) is 3.73. The van der Waals surface area contributed by atoms with E-state index in [1.165, 1.54) is 11.1 Å². The molecule has 0 saturated carbocycles. The standard InChI is InChI=1S/C26H37N3O2/c1-20(2)25(29-24(30)16-10-5-11-18-27)26(31)28-19-17-23(21-12-6-3-7-13-21)22-14-8-4-9-15-22/h3-4,6-9,12-15,20,23,25H,5,10-11,16-19,27H2,1-2H3,(H,28,31)(H,29,30)/t25-/m1/s1. The van der Waals surface area contributed by atoms with Crippen LogP contribution in [0, 0.1) is 5.92 Å². The van der Waals surface area contributed by atoms with Crippen LogP contribution in [0.4, 0.5) is 0 Å². The van der Waals surface area contributed by atoms with Gasteiger partial charge in [-0.15, -0.1) is 0 Å². The summed E-state index contributed by atoms with van der Waals surface area (Å²) >= 11 is 0. The first kappa shape index (κ1) is 24.6. The van der Waals surface area contributed by atoms with Crippen molar-refractivity contribution in [2.45, 2.75) is 57.9 Å². The maximum absolute atomic E-state index is 12.8. The van der Waals surface area contributed by atoms with Crippen LogP contribution in [0.3, 0.4) is 0 Å². The Kier molecular flexibility index (Phi) is 10.8. The van der Waals surface area contributed by atoms with Crippen LogP contribution < -0.4 is 16.4 Å². The highest BCUT2D eigenvalue weighted by molar-refractivity contribution is 5.87. The predicted octanol–water partition coefficient (Wildman–Crippen LogP) is 3.98. The lowest BCUT2D eigenvalue weighted by atomic mass is 9.88. The summed E-state index contributed by atoms with van der Waals surface area (Å²) in [6.45, 7) is 5.10. The molecule has 0 aliphatic heterocycles. The minimum Gasteiger partial charge on any atom is -0.354 e. The summed E-state index contributed by atoms with van der Waals surface area (Å²) in [5.41, 5.74) is 7.96. The van der Waals surface area contributed by atoms with Crippen LogP contribution >= 0.6 is 0 Å². The average molecular weight is 424 g/mol. The maximum atomic E-state index is 12.8. The van der Waals surface area contributed by atoms with E-state index >= 15 is 0 Å². The number of hydrogen-bond acceptors (Lipinski definition) is 3. The van der Waals surface area contributed by atoms with Crippen LogP contribution in [0.5, 0.6) is 0 Å². The lowest BCUT2D eigenvalue weighted by molar-refractivity contribution is -0.130. The van der Waals surface area contributed by atoms with Crippen molar-refractivity contribution in [2.24, 2.45) is 11.7 Å². The van der Waals surface area contributed by atoms with Crippen molar-refractivity contribution in [1.82, 2.24) is 10.6 Å². The van der Waals surface area contributed by atoms with Gasteiger partial charge in [0.1, 0.15) is 6.04 Å². The third-order valence-corrected chi connectivity index (χ3v) is 5.51. The molecule has 0 saturated heterocycles. The third-order valence-electron chi connectivity index (χ3n) is 5.51. The molecule has 0 aliphatic carbocycles. The van der Waals surface area contributed by atoms with E-state index in [4.69, 9.17) is 5.73 Å². The fraction of sp³-hybridized carbons (Fsp3) is 0.462. The van der Waals surface area contributed by atoms with Crippen molar-refractivity contribution in [2.75, 3.05) is 13.1 Å². The lowest BCUT2D eigenvalue weighted by Crippen LogP contribution is -2.50. The van der Waals surface area contributed by atoms with Crippen LogP contribution in [-0.4, -0.2) is 30.9 Å². The van der Waals surface area contributed by atoms with Crippen LogP contribution in [0.15, 0.2) is 60.7 Å². The molecule has 5 heteroatoms. The first-order valence-electron chi connectivity index (χ1n) is 11.4. The smallest absolute Gasteiger partial charge is 0.242 e. The van der Waals surface area contributed by atoms with Gasteiger partial charge >= 0.3 is 0 Å². The van der Waals surface area contributed by atoms with E-state index in [9.17, 15) is 9.59 Å². The molecule has 31 heavy (non-hydrogen) atoms. The zero-order valence-electron chi connectivity index (χ0n) is 18.8. The van der Waals surface area contributed by atoms with Gasteiger partial charge in [0.15, 0.2) is 0 Å². The summed E-state index contributed by atoms with van der Waals surface area (Å²) < 4.78 is 0. The monoisotopic (exact) mass is 423 g/mol. The van der Waals surface area contributed by atoms with Gasteiger partial charge in [-0.3, -0.25) is 9.59 Å². The van der Waals surface area contributed by atoms with Gasteiger partial charge in [-0.2, -0.15) is 0 Å². The molecule has 4 N–H and O–H groups in total. The Morgan fingerprint density at radius 3 is 1.97 bits per heavy atom.